The summed E-state index contributed by atoms with van der Waals surface area (Å²) in [5.41, 5.74) is 3.57. The van der Waals surface area contributed by atoms with Crippen molar-refractivity contribution in [3.63, 3.8) is 0 Å². The number of rotatable bonds is 7. The first-order valence-electron chi connectivity index (χ1n) is 10.4. The molecule has 3 aromatic rings. The summed E-state index contributed by atoms with van der Waals surface area (Å²) in [5.74, 6) is -0.690. The number of ether oxygens (including phenoxy) is 2. The van der Waals surface area contributed by atoms with E-state index < -0.39 is 17.6 Å². The predicted octanol–water partition coefficient (Wildman–Crippen LogP) is 4.62. The van der Waals surface area contributed by atoms with E-state index in [1.165, 1.54) is 14.0 Å². The molecule has 0 heterocycles. The molecular formula is C26H25NO5. The van der Waals surface area contributed by atoms with Crippen molar-refractivity contribution in [2.75, 3.05) is 13.7 Å². The minimum atomic E-state index is -1.56. The molecule has 0 saturated carbocycles. The zero-order valence-electron chi connectivity index (χ0n) is 18.0. The minimum absolute atomic E-state index is 0.0521. The van der Waals surface area contributed by atoms with Crippen LogP contribution in [0.2, 0.25) is 0 Å². The number of hydrogen-bond donors (Lipinski definition) is 2. The van der Waals surface area contributed by atoms with Crippen molar-refractivity contribution in [2.24, 2.45) is 0 Å². The van der Waals surface area contributed by atoms with Gasteiger partial charge in [0.1, 0.15) is 17.9 Å². The Morgan fingerprint density at radius 2 is 1.50 bits per heavy atom. The Labute approximate surface area is 186 Å². The van der Waals surface area contributed by atoms with Crippen molar-refractivity contribution in [1.82, 2.24) is 5.32 Å². The number of carbonyl (C=O) groups is 2. The fourth-order valence-electron chi connectivity index (χ4n) is 4.26. The van der Waals surface area contributed by atoms with Crippen LogP contribution >= 0.6 is 0 Å². The first-order valence-corrected chi connectivity index (χ1v) is 10.4. The molecule has 1 aliphatic carbocycles. The highest BCUT2D eigenvalue weighted by atomic mass is 16.5. The third-order valence-electron chi connectivity index (χ3n) is 5.93. The van der Waals surface area contributed by atoms with E-state index in [0.717, 1.165) is 22.3 Å². The second kappa shape index (κ2) is 8.75. The Balaban J connectivity index is 1.49. The molecule has 1 aliphatic rings. The summed E-state index contributed by atoms with van der Waals surface area (Å²) >= 11 is 0. The Morgan fingerprint density at radius 3 is 2.09 bits per heavy atom. The van der Waals surface area contributed by atoms with Gasteiger partial charge in [0.25, 0.3) is 0 Å². The van der Waals surface area contributed by atoms with Gasteiger partial charge in [0.2, 0.25) is 0 Å². The van der Waals surface area contributed by atoms with Gasteiger partial charge in [-0.25, -0.2) is 9.59 Å². The summed E-state index contributed by atoms with van der Waals surface area (Å²) in [4.78, 5) is 24.7. The number of methoxy groups -OCH3 is 1. The summed E-state index contributed by atoms with van der Waals surface area (Å²) < 4.78 is 10.9. The van der Waals surface area contributed by atoms with Crippen LogP contribution in [0.1, 0.15) is 29.5 Å². The molecule has 0 radical (unpaired) electrons. The van der Waals surface area contributed by atoms with Crippen LogP contribution in [0.25, 0.3) is 11.1 Å². The van der Waals surface area contributed by atoms with Gasteiger partial charge in [-0.1, -0.05) is 66.7 Å². The Kier molecular flexibility index (Phi) is 5.86. The van der Waals surface area contributed by atoms with Gasteiger partial charge < -0.3 is 19.9 Å². The zero-order valence-corrected chi connectivity index (χ0v) is 18.0. The summed E-state index contributed by atoms with van der Waals surface area (Å²) in [6, 6.07) is 23.2. The predicted molar refractivity (Wildman–Crippen MR) is 121 cm³/mol. The van der Waals surface area contributed by atoms with Crippen molar-refractivity contribution in [3.8, 4) is 16.9 Å². The maximum atomic E-state index is 12.7. The molecule has 32 heavy (non-hydrogen) atoms. The van der Waals surface area contributed by atoms with Gasteiger partial charge in [0, 0.05) is 12.3 Å². The van der Waals surface area contributed by atoms with Gasteiger partial charge in [-0.15, -0.1) is 0 Å². The molecule has 4 rings (SSSR count). The molecule has 0 spiro atoms. The van der Waals surface area contributed by atoms with E-state index in [4.69, 9.17) is 9.47 Å². The van der Waals surface area contributed by atoms with E-state index in [9.17, 15) is 14.7 Å². The highest BCUT2D eigenvalue weighted by molar-refractivity contribution is 5.84. The zero-order chi connectivity index (χ0) is 22.7. The normalized spacial score (nSPS) is 14.1. The number of nitrogens with one attached hydrogen (secondary N) is 1. The van der Waals surface area contributed by atoms with Crippen LogP contribution in [0.5, 0.6) is 5.75 Å². The molecule has 0 fully saturated rings. The van der Waals surface area contributed by atoms with Crippen LogP contribution in [-0.2, 0) is 16.0 Å². The first-order chi connectivity index (χ1) is 15.4. The molecule has 1 atom stereocenters. The average Bonchev–Trinajstić information content (AvgIpc) is 3.11. The molecule has 0 saturated heterocycles. The number of para-hydroxylation sites is 1. The third-order valence-corrected chi connectivity index (χ3v) is 5.93. The topological polar surface area (TPSA) is 84.9 Å². The van der Waals surface area contributed by atoms with Crippen LogP contribution in [0.15, 0.2) is 72.8 Å². The van der Waals surface area contributed by atoms with Crippen molar-refractivity contribution < 1.29 is 24.2 Å². The smallest absolute Gasteiger partial charge is 0.408 e. The molecule has 2 N–H and O–H groups in total. The van der Waals surface area contributed by atoms with E-state index in [0.29, 0.717) is 11.3 Å². The highest BCUT2D eigenvalue weighted by Crippen LogP contribution is 2.44. The number of carboxylic acids is 1. The number of carbonyl (C=O) groups excluding carboxylic acids is 1. The van der Waals surface area contributed by atoms with Crippen LogP contribution in [-0.4, -0.2) is 36.4 Å². The summed E-state index contributed by atoms with van der Waals surface area (Å²) in [7, 11) is 1.52. The number of carboxylic acid groups (broad SMARTS) is 1. The minimum Gasteiger partial charge on any atom is -0.496 e. The standard InChI is InChI=1S/C26H25NO5/c1-26(24(28)29,15-17-9-3-8-14-23(17)31-2)27-25(30)32-16-22-20-12-6-4-10-18(20)19-11-5-7-13-21(19)22/h3-14,22H,15-16H2,1-2H3,(H,27,30)(H,28,29). The average molecular weight is 431 g/mol. The molecule has 6 nitrogen and oxygen atoms in total. The summed E-state index contributed by atoms with van der Waals surface area (Å²) in [5, 5.41) is 12.4. The number of fused-ring (bicyclic) bond motifs is 3. The van der Waals surface area contributed by atoms with Crippen molar-refractivity contribution >= 4 is 12.1 Å². The molecular weight excluding hydrogens is 406 g/mol. The fraction of sp³-hybridized carbons (Fsp3) is 0.231. The van der Waals surface area contributed by atoms with Gasteiger partial charge >= 0.3 is 12.1 Å². The molecule has 164 valence electrons. The Morgan fingerprint density at radius 1 is 0.938 bits per heavy atom. The van der Waals surface area contributed by atoms with Crippen LogP contribution < -0.4 is 10.1 Å². The molecule has 0 bridgehead atoms. The summed E-state index contributed by atoms with van der Waals surface area (Å²) in [6.45, 7) is 1.58. The summed E-state index contributed by atoms with van der Waals surface area (Å²) in [6.07, 6.45) is -0.719. The van der Waals surface area contributed by atoms with Crippen LogP contribution in [0, 0.1) is 0 Å². The van der Waals surface area contributed by atoms with Crippen molar-refractivity contribution in [2.45, 2.75) is 24.8 Å². The van der Waals surface area contributed by atoms with Gasteiger partial charge in [0.15, 0.2) is 0 Å². The molecule has 6 heteroatoms. The maximum Gasteiger partial charge on any atom is 0.408 e. The lowest BCUT2D eigenvalue weighted by molar-refractivity contribution is -0.143. The Hall–Kier alpha value is -3.80. The highest BCUT2D eigenvalue weighted by Gasteiger charge is 2.37. The van der Waals surface area contributed by atoms with Crippen LogP contribution in [0.4, 0.5) is 4.79 Å². The van der Waals surface area contributed by atoms with E-state index in [-0.39, 0.29) is 18.9 Å². The quantitative estimate of drug-likeness (QED) is 0.570. The van der Waals surface area contributed by atoms with Crippen molar-refractivity contribution in [3.05, 3.63) is 89.5 Å². The molecule has 0 aliphatic heterocycles. The van der Waals surface area contributed by atoms with Crippen molar-refractivity contribution in [1.29, 1.82) is 0 Å². The number of alkyl carbamates (subject to hydrolysis) is 1. The number of aliphatic carboxylic acids is 1. The van der Waals surface area contributed by atoms with Gasteiger partial charge in [-0.05, 0) is 40.8 Å². The first kappa shape index (κ1) is 21.4. The molecule has 0 aromatic heterocycles. The van der Waals surface area contributed by atoms with E-state index >= 15 is 0 Å². The lowest BCUT2D eigenvalue weighted by atomic mass is 9.92. The number of benzene rings is 3. The maximum absolute atomic E-state index is 12.7. The lowest BCUT2D eigenvalue weighted by Crippen LogP contribution is -2.54. The molecule has 3 aromatic carbocycles. The van der Waals surface area contributed by atoms with E-state index in [1.807, 2.05) is 36.4 Å². The monoisotopic (exact) mass is 431 g/mol. The van der Waals surface area contributed by atoms with Gasteiger partial charge in [-0.3, -0.25) is 0 Å². The third kappa shape index (κ3) is 4.04. The van der Waals surface area contributed by atoms with Crippen LogP contribution in [0.3, 0.4) is 0 Å². The SMILES string of the molecule is COc1ccccc1CC(C)(NC(=O)OCC1c2ccccc2-c2ccccc21)C(=O)O. The molecule has 1 unspecified atom stereocenters. The van der Waals surface area contributed by atoms with Gasteiger partial charge in [-0.2, -0.15) is 0 Å². The largest absolute Gasteiger partial charge is 0.496 e. The lowest BCUT2D eigenvalue weighted by Gasteiger charge is -2.27. The fourth-order valence-corrected chi connectivity index (χ4v) is 4.26. The van der Waals surface area contributed by atoms with Gasteiger partial charge in [0.05, 0.1) is 7.11 Å². The second-order valence-corrected chi connectivity index (χ2v) is 8.08. The second-order valence-electron chi connectivity index (χ2n) is 8.08. The Bertz CT molecular complexity index is 1110. The molecule has 1 amide bonds. The number of amides is 1. The van der Waals surface area contributed by atoms with E-state index in [1.54, 1.807) is 24.3 Å². The number of hydrogen-bond acceptors (Lipinski definition) is 4. The van der Waals surface area contributed by atoms with E-state index in [2.05, 4.69) is 17.4 Å².